The summed E-state index contributed by atoms with van der Waals surface area (Å²) in [5, 5.41) is 16.8. The van der Waals surface area contributed by atoms with Crippen molar-refractivity contribution in [1.29, 1.82) is 0 Å². The third-order valence-electron chi connectivity index (χ3n) is 3.19. The van der Waals surface area contributed by atoms with Crippen LogP contribution in [0.1, 0.15) is 6.92 Å². The van der Waals surface area contributed by atoms with Crippen LogP contribution < -0.4 is 10.6 Å². The predicted octanol–water partition coefficient (Wildman–Crippen LogP) is 0.827. The maximum atomic E-state index is 12.0. The van der Waals surface area contributed by atoms with Gasteiger partial charge in [0.15, 0.2) is 0 Å². The van der Waals surface area contributed by atoms with Gasteiger partial charge in [-0.3, -0.25) is 19.8 Å². The molecular formula is C13H18N4O3. The number of para-hydroxylation sites is 2. The van der Waals surface area contributed by atoms with Crippen LogP contribution in [0.5, 0.6) is 0 Å². The number of benzene rings is 1. The Balaban J connectivity index is 1.96. The molecular weight excluding hydrogens is 260 g/mol. The highest BCUT2D eigenvalue weighted by atomic mass is 16.6. The van der Waals surface area contributed by atoms with Crippen LogP contribution in [0.4, 0.5) is 11.4 Å². The fourth-order valence-electron chi connectivity index (χ4n) is 2.29. The molecule has 108 valence electrons. The molecule has 1 aliphatic rings. The van der Waals surface area contributed by atoms with E-state index in [0.717, 1.165) is 19.6 Å². The number of nitro benzene ring substituents is 1. The quantitative estimate of drug-likeness (QED) is 0.629. The number of rotatable bonds is 4. The molecule has 0 radical (unpaired) electrons. The maximum Gasteiger partial charge on any atom is 0.292 e. The minimum absolute atomic E-state index is 0.0884. The molecule has 20 heavy (non-hydrogen) atoms. The van der Waals surface area contributed by atoms with Crippen molar-refractivity contribution in [2.75, 3.05) is 31.5 Å². The van der Waals surface area contributed by atoms with E-state index >= 15 is 0 Å². The monoisotopic (exact) mass is 278 g/mol. The highest BCUT2D eigenvalue weighted by Gasteiger charge is 2.20. The molecule has 2 N–H and O–H groups in total. The Labute approximate surface area is 117 Å². The normalized spacial score (nSPS) is 19.6. The minimum atomic E-state index is -0.498. The Kier molecular flexibility index (Phi) is 4.65. The zero-order valence-electron chi connectivity index (χ0n) is 11.3. The van der Waals surface area contributed by atoms with Crippen LogP contribution in [0.15, 0.2) is 24.3 Å². The molecule has 1 fully saturated rings. The zero-order valence-corrected chi connectivity index (χ0v) is 11.3. The van der Waals surface area contributed by atoms with Gasteiger partial charge in [0.05, 0.1) is 11.5 Å². The summed E-state index contributed by atoms with van der Waals surface area (Å²) in [6.07, 6.45) is 0. The summed E-state index contributed by atoms with van der Waals surface area (Å²) in [6.45, 7) is 4.75. The van der Waals surface area contributed by atoms with Crippen LogP contribution in [0.3, 0.4) is 0 Å². The van der Waals surface area contributed by atoms with Crippen molar-refractivity contribution in [3.8, 4) is 0 Å². The second-order valence-corrected chi connectivity index (χ2v) is 4.91. The number of amides is 1. The molecule has 1 saturated heterocycles. The van der Waals surface area contributed by atoms with Crippen molar-refractivity contribution in [3.63, 3.8) is 0 Å². The lowest BCUT2D eigenvalue weighted by Crippen LogP contribution is -2.51. The zero-order chi connectivity index (χ0) is 14.5. The molecule has 0 spiro atoms. The molecule has 7 heteroatoms. The minimum Gasteiger partial charge on any atom is -0.319 e. The van der Waals surface area contributed by atoms with Crippen LogP contribution >= 0.6 is 0 Å². The highest BCUT2D eigenvalue weighted by Crippen LogP contribution is 2.22. The molecule has 1 heterocycles. The molecule has 1 aromatic carbocycles. The molecule has 7 nitrogen and oxygen atoms in total. The van der Waals surface area contributed by atoms with E-state index < -0.39 is 4.92 Å². The SMILES string of the molecule is C[C@H]1CN(CC(=O)Nc2ccccc2[N+](=O)[O-])CCN1. The van der Waals surface area contributed by atoms with Gasteiger partial charge in [0.25, 0.3) is 5.69 Å². The molecule has 2 rings (SSSR count). The van der Waals surface area contributed by atoms with Gasteiger partial charge in [-0.05, 0) is 13.0 Å². The van der Waals surface area contributed by atoms with Crippen molar-refractivity contribution < 1.29 is 9.72 Å². The van der Waals surface area contributed by atoms with Crippen LogP contribution in [-0.2, 0) is 4.79 Å². The van der Waals surface area contributed by atoms with E-state index in [1.54, 1.807) is 12.1 Å². The summed E-state index contributed by atoms with van der Waals surface area (Å²) in [6, 6.07) is 6.50. The standard InChI is InChI=1S/C13H18N4O3/c1-10-8-16(7-6-14-10)9-13(18)15-11-4-2-3-5-12(11)17(19)20/h2-5,10,14H,6-9H2,1H3,(H,15,18)/t10-/m0/s1. The lowest BCUT2D eigenvalue weighted by Gasteiger charge is -2.31. The summed E-state index contributed by atoms with van der Waals surface area (Å²) in [5.74, 6) is -0.228. The van der Waals surface area contributed by atoms with Gasteiger partial charge in [0.1, 0.15) is 5.69 Å². The fraction of sp³-hybridized carbons (Fsp3) is 0.462. The Hall–Kier alpha value is -1.99. The fourth-order valence-corrected chi connectivity index (χ4v) is 2.29. The lowest BCUT2D eigenvalue weighted by atomic mass is 10.2. The number of piperazine rings is 1. The second-order valence-electron chi connectivity index (χ2n) is 4.91. The van der Waals surface area contributed by atoms with Gasteiger partial charge < -0.3 is 10.6 Å². The van der Waals surface area contributed by atoms with Crippen LogP contribution in [0.25, 0.3) is 0 Å². The molecule has 0 unspecified atom stereocenters. The lowest BCUT2D eigenvalue weighted by molar-refractivity contribution is -0.383. The molecule has 0 saturated carbocycles. The largest absolute Gasteiger partial charge is 0.319 e. The van der Waals surface area contributed by atoms with E-state index in [1.165, 1.54) is 12.1 Å². The number of carbonyl (C=O) groups excluding carboxylic acids is 1. The van der Waals surface area contributed by atoms with Crippen molar-refractivity contribution in [2.45, 2.75) is 13.0 Å². The number of hydrogen-bond donors (Lipinski definition) is 2. The molecule has 0 bridgehead atoms. The van der Waals surface area contributed by atoms with E-state index in [-0.39, 0.29) is 23.8 Å². The van der Waals surface area contributed by atoms with E-state index in [4.69, 9.17) is 0 Å². The topological polar surface area (TPSA) is 87.5 Å². The molecule has 1 amide bonds. The molecule has 1 atom stereocenters. The molecule has 0 aromatic heterocycles. The van der Waals surface area contributed by atoms with Gasteiger partial charge in [-0.2, -0.15) is 0 Å². The van der Waals surface area contributed by atoms with E-state index in [1.807, 2.05) is 4.90 Å². The summed E-state index contributed by atoms with van der Waals surface area (Å²) in [5.41, 5.74) is 0.153. The third kappa shape index (κ3) is 3.75. The number of nitrogens with one attached hydrogen (secondary N) is 2. The Morgan fingerprint density at radius 1 is 1.55 bits per heavy atom. The van der Waals surface area contributed by atoms with E-state index in [0.29, 0.717) is 6.04 Å². The number of carbonyl (C=O) groups is 1. The smallest absolute Gasteiger partial charge is 0.292 e. The summed E-state index contributed by atoms with van der Waals surface area (Å²) >= 11 is 0. The average Bonchev–Trinajstić information content (AvgIpc) is 2.38. The van der Waals surface area contributed by atoms with Gasteiger partial charge in [-0.15, -0.1) is 0 Å². The number of nitro groups is 1. The highest BCUT2D eigenvalue weighted by molar-refractivity contribution is 5.94. The van der Waals surface area contributed by atoms with Gasteiger partial charge in [0.2, 0.25) is 5.91 Å². The van der Waals surface area contributed by atoms with Gasteiger partial charge in [-0.1, -0.05) is 12.1 Å². The first kappa shape index (κ1) is 14.4. The Bertz CT molecular complexity index is 506. The Morgan fingerprint density at radius 3 is 3.00 bits per heavy atom. The van der Waals surface area contributed by atoms with Crippen molar-refractivity contribution in [1.82, 2.24) is 10.2 Å². The number of hydrogen-bond acceptors (Lipinski definition) is 5. The summed E-state index contributed by atoms with van der Waals surface area (Å²) in [4.78, 5) is 24.4. The molecule has 1 aromatic rings. The number of anilines is 1. The maximum absolute atomic E-state index is 12.0. The summed E-state index contributed by atoms with van der Waals surface area (Å²) in [7, 11) is 0. The van der Waals surface area contributed by atoms with Crippen LogP contribution in [0, 0.1) is 10.1 Å². The first-order chi connectivity index (χ1) is 9.56. The van der Waals surface area contributed by atoms with Crippen LogP contribution in [0.2, 0.25) is 0 Å². The predicted molar refractivity (Wildman–Crippen MR) is 75.6 cm³/mol. The first-order valence-electron chi connectivity index (χ1n) is 6.55. The molecule has 1 aliphatic heterocycles. The van der Waals surface area contributed by atoms with Crippen molar-refractivity contribution in [3.05, 3.63) is 34.4 Å². The number of nitrogens with zero attached hydrogens (tertiary/aromatic N) is 2. The van der Waals surface area contributed by atoms with E-state index in [9.17, 15) is 14.9 Å². The van der Waals surface area contributed by atoms with Crippen molar-refractivity contribution in [2.24, 2.45) is 0 Å². The van der Waals surface area contributed by atoms with E-state index in [2.05, 4.69) is 17.6 Å². The van der Waals surface area contributed by atoms with Gasteiger partial charge in [-0.25, -0.2) is 0 Å². The second kappa shape index (κ2) is 6.44. The van der Waals surface area contributed by atoms with Crippen molar-refractivity contribution >= 4 is 17.3 Å². The average molecular weight is 278 g/mol. The first-order valence-corrected chi connectivity index (χ1v) is 6.55. The van der Waals surface area contributed by atoms with Crippen LogP contribution in [-0.4, -0.2) is 48.0 Å². The van der Waals surface area contributed by atoms with Gasteiger partial charge in [0, 0.05) is 31.7 Å². The van der Waals surface area contributed by atoms with Gasteiger partial charge >= 0.3 is 0 Å². The molecule has 0 aliphatic carbocycles. The third-order valence-corrected chi connectivity index (χ3v) is 3.19. The Morgan fingerprint density at radius 2 is 2.30 bits per heavy atom. The summed E-state index contributed by atoms with van der Waals surface area (Å²) < 4.78 is 0.